The van der Waals surface area contributed by atoms with Crippen molar-refractivity contribution in [2.75, 3.05) is 0 Å². The molecule has 0 bridgehead atoms. The Labute approximate surface area is 141 Å². The summed E-state index contributed by atoms with van der Waals surface area (Å²) in [4.78, 5) is 0. The van der Waals surface area contributed by atoms with Gasteiger partial charge < -0.3 is 0 Å². The largest absolute Gasteiger partial charge is 0.0616 e. The Balaban J connectivity index is 2.00. The third kappa shape index (κ3) is 1.93. The van der Waals surface area contributed by atoms with Gasteiger partial charge in [0.25, 0.3) is 0 Å². The topological polar surface area (TPSA) is 0 Å². The van der Waals surface area contributed by atoms with Crippen LogP contribution in [-0.4, -0.2) is 0 Å². The summed E-state index contributed by atoms with van der Waals surface area (Å²) >= 11 is 0. The van der Waals surface area contributed by atoms with Crippen molar-refractivity contribution in [1.82, 2.24) is 0 Å². The summed E-state index contributed by atoms with van der Waals surface area (Å²) < 4.78 is 0. The maximum absolute atomic E-state index is 2.36. The molecule has 0 aliphatic rings. The second-order valence-electron chi connectivity index (χ2n) is 6.55. The number of fused-ring (bicyclic) bond motifs is 4. The van der Waals surface area contributed by atoms with Gasteiger partial charge in [0, 0.05) is 0 Å². The van der Waals surface area contributed by atoms with Gasteiger partial charge in [-0.3, -0.25) is 0 Å². The zero-order chi connectivity index (χ0) is 16.1. The van der Waals surface area contributed by atoms with E-state index in [1.54, 1.807) is 0 Å². The number of hydrogen-bond donors (Lipinski definition) is 0. The van der Waals surface area contributed by atoms with Crippen LogP contribution in [0.1, 0.15) is 12.5 Å². The molecule has 0 saturated carbocycles. The number of rotatable bonds is 1. The summed E-state index contributed by atoms with van der Waals surface area (Å²) in [5.41, 5.74) is 1.46. The number of hydrogen-bond acceptors (Lipinski definition) is 0. The van der Waals surface area contributed by atoms with Crippen LogP contribution in [0.4, 0.5) is 0 Å². The predicted octanol–water partition coefficient (Wildman–Crippen LogP) is 6.86. The molecule has 0 aliphatic carbocycles. The van der Waals surface area contributed by atoms with Gasteiger partial charge in [-0.1, -0.05) is 55.5 Å². The molecule has 0 heteroatoms. The van der Waals surface area contributed by atoms with Crippen molar-refractivity contribution < 1.29 is 0 Å². The fraction of sp³-hybridized carbons (Fsp3) is 0.0833. The van der Waals surface area contributed by atoms with E-state index in [1.165, 1.54) is 48.7 Å². The third-order valence-corrected chi connectivity index (χ3v) is 5.15. The van der Waals surface area contributed by atoms with Crippen LogP contribution in [0.2, 0.25) is 0 Å². The average Bonchev–Trinajstić information content (AvgIpc) is 2.63. The Morgan fingerprint density at radius 1 is 0.500 bits per heavy atom. The van der Waals surface area contributed by atoms with Crippen LogP contribution in [0.3, 0.4) is 0 Å². The molecule has 0 spiro atoms. The summed E-state index contributed by atoms with van der Waals surface area (Å²) in [5.74, 6) is 0. The molecule has 0 nitrogen and oxygen atoms in total. The maximum atomic E-state index is 2.36. The fourth-order valence-electron chi connectivity index (χ4n) is 3.97. The monoisotopic (exact) mass is 306 g/mol. The lowest BCUT2D eigenvalue weighted by Gasteiger charge is -2.12. The van der Waals surface area contributed by atoms with E-state index in [9.17, 15) is 0 Å². The van der Waals surface area contributed by atoms with Gasteiger partial charge in [-0.05, 0) is 85.4 Å². The van der Waals surface area contributed by atoms with E-state index in [0.717, 1.165) is 6.42 Å². The normalized spacial score (nSPS) is 11.7. The molecule has 114 valence electrons. The summed E-state index contributed by atoms with van der Waals surface area (Å²) in [6, 6.07) is 29.0. The van der Waals surface area contributed by atoms with E-state index in [4.69, 9.17) is 0 Å². The maximum Gasteiger partial charge on any atom is -0.0139 e. The van der Waals surface area contributed by atoms with E-state index in [1.807, 2.05) is 0 Å². The summed E-state index contributed by atoms with van der Waals surface area (Å²) in [6.07, 6.45) is 1.05. The molecule has 0 heterocycles. The third-order valence-electron chi connectivity index (χ3n) is 5.15. The van der Waals surface area contributed by atoms with Crippen LogP contribution in [-0.2, 0) is 6.42 Å². The molecule has 5 aromatic rings. The van der Waals surface area contributed by atoms with Crippen LogP contribution in [0, 0.1) is 0 Å². The molecule has 0 aliphatic heterocycles. The van der Waals surface area contributed by atoms with Crippen LogP contribution in [0.5, 0.6) is 0 Å². The molecule has 0 aromatic heterocycles. The lowest BCUT2D eigenvalue weighted by Crippen LogP contribution is -1.89. The van der Waals surface area contributed by atoms with E-state index in [-0.39, 0.29) is 0 Å². The van der Waals surface area contributed by atoms with Crippen molar-refractivity contribution in [3.8, 4) is 0 Å². The summed E-state index contributed by atoms with van der Waals surface area (Å²) in [5, 5.41) is 10.7. The standard InChI is InChI=1S/C24H18/c1-2-22-23-14-18-9-5-3-7-16(18)11-20(23)13-21-12-17-8-4-6-10-19(17)15-24(21)22/h3-15H,2H2,1H3. The van der Waals surface area contributed by atoms with Gasteiger partial charge in [0.1, 0.15) is 0 Å². The first-order valence-electron chi connectivity index (χ1n) is 8.60. The molecule has 0 saturated heterocycles. The second kappa shape index (κ2) is 5.07. The first-order valence-corrected chi connectivity index (χ1v) is 8.60. The first kappa shape index (κ1) is 13.6. The minimum atomic E-state index is 1.05. The highest BCUT2D eigenvalue weighted by atomic mass is 14.1. The Bertz CT molecular complexity index is 1130. The minimum Gasteiger partial charge on any atom is -0.0616 e. The molecule has 5 aromatic carbocycles. The van der Waals surface area contributed by atoms with Crippen molar-refractivity contribution >= 4 is 43.1 Å². The molecule has 0 atom stereocenters. The van der Waals surface area contributed by atoms with Crippen LogP contribution < -0.4 is 0 Å². The predicted molar refractivity (Wildman–Crippen MR) is 106 cm³/mol. The van der Waals surface area contributed by atoms with E-state index < -0.39 is 0 Å². The molecule has 0 amide bonds. The van der Waals surface area contributed by atoms with Gasteiger partial charge >= 0.3 is 0 Å². The number of aryl methyl sites for hydroxylation is 1. The van der Waals surface area contributed by atoms with Crippen molar-refractivity contribution in [2.45, 2.75) is 13.3 Å². The highest BCUT2D eigenvalue weighted by Gasteiger charge is 2.09. The minimum absolute atomic E-state index is 1.05. The van der Waals surface area contributed by atoms with Gasteiger partial charge in [0.15, 0.2) is 0 Å². The van der Waals surface area contributed by atoms with Crippen LogP contribution in [0.25, 0.3) is 43.1 Å². The van der Waals surface area contributed by atoms with E-state index in [2.05, 4.69) is 85.8 Å². The lowest BCUT2D eigenvalue weighted by atomic mass is 9.91. The van der Waals surface area contributed by atoms with Crippen LogP contribution in [0.15, 0.2) is 78.9 Å². The van der Waals surface area contributed by atoms with Gasteiger partial charge in [-0.25, -0.2) is 0 Å². The van der Waals surface area contributed by atoms with Crippen molar-refractivity contribution in [1.29, 1.82) is 0 Å². The molecular formula is C24H18. The van der Waals surface area contributed by atoms with Gasteiger partial charge in [-0.2, -0.15) is 0 Å². The summed E-state index contributed by atoms with van der Waals surface area (Å²) in [6.45, 7) is 2.26. The smallest absolute Gasteiger partial charge is 0.0139 e. The Morgan fingerprint density at radius 3 is 1.29 bits per heavy atom. The average molecular weight is 306 g/mol. The SMILES string of the molecule is CCc1c2cc3ccccc3cc2cc2cc3ccccc3cc12. The second-order valence-corrected chi connectivity index (χ2v) is 6.55. The molecular weight excluding hydrogens is 288 g/mol. The summed E-state index contributed by atoms with van der Waals surface area (Å²) in [7, 11) is 0. The van der Waals surface area contributed by atoms with E-state index >= 15 is 0 Å². The fourth-order valence-corrected chi connectivity index (χ4v) is 3.97. The Morgan fingerprint density at radius 2 is 0.875 bits per heavy atom. The quantitative estimate of drug-likeness (QED) is 0.297. The molecule has 0 unspecified atom stereocenters. The zero-order valence-electron chi connectivity index (χ0n) is 13.7. The van der Waals surface area contributed by atoms with Crippen LogP contribution >= 0.6 is 0 Å². The van der Waals surface area contributed by atoms with Crippen molar-refractivity contribution in [3.63, 3.8) is 0 Å². The highest BCUT2D eigenvalue weighted by Crippen LogP contribution is 2.34. The van der Waals surface area contributed by atoms with E-state index in [0.29, 0.717) is 0 Å². The molecule has 24 heavy (non-hydrogen) atoms. The van der Waals surface area contributed by atoms with Gasteiger partial charge in [0.05, 0.1) is 0 Å². The van der Waals surface area contributed by atoms with Crippen molar-refractivity contribution in [3.05, 3.63) is 84.4 Å². The first-order chi connectivity index (χ1) is 11.8. The zero-order valence-corrected chi connectivity index (χ0v) is 13.7. The van der Waals surface area contributed by atoms with Gasteiger partial charge in [0.2, 0.25) is 0 Å². The molecule has 0 fully saturated rings. The van der Waals surface area contributed by atoms with Crippen molar-refractivity contribution in [2.24, 2.45) is 0 Å². The van der Waals surface area contributed by atoms with Gasteiger partial charge in [-0.15, -0.1) is 0 Å². The Kier molecular flexibility index (Phi) is 2.87. The highest BCUT2D eigenvalue weighted by molar-refractivity contribution is 6.10. The number of benzene rings is 5. The Hall–Kier alpha value is -2.86. The lowest BCUT2D eigenvalue weighted by molar-refractivity contribution is 1.18. The molecule has 5 rings (SSSR count). The molecule has 0 N–H and O–H groups in total. The molecule has 0 radical (unpaired) electrons.